The smallest absolute Gasteiger partial charge is 0.126 e. The molecule has 1 fully saturated rings. The second-order valence-electron chi connectivity index (χ2n) is 6.79. The Morgan fingerprint density at radius 2 is 1.71 bits per heavy atom. The topological polar surface area (TPSA) is 46.2 Å². The van der Waals surface area contributed by atoms with Crippen molar-refractivity contribution in [3.8, 4) is 0 Å². The quantitative estimate of drug-likeness (QED) is 0.886. The lowest BCUT2D eigenvalue weighted by Gasteiger charge is -2.46. The van der Waals surface area contributed by atoms with Crippen LogP contribution in [0, 0.1) is 11.2 Å². The number of benzene rings is 1. The highest BCUT2D eigenvalue weighted by atomic mass is 19.1. The summed E-state index contributed by atoms with van der Waals surface area (Å²) in [6.45, 7) is 2.31. The second-order valence-corrected chi connectivity index (χ2v) is 6.79. The van der Waals surface area contributed by atoms with Crippen molar-refractivity contribution in [2.24, 2.45) is 11.1 Å². The predicted octanol–water partition coefficient (Wildman–Crippen LogP) is 3.81. The first kappa shape index (κ1) is 16.4. The van der Waals surface area contributed by atoms with Crippen LogP contribution in [0.15, 0.2) is 24.3 Å². The molecule has 2 nitrogen and oxygen atoms in total. The minimum Gasteiger partial charge on any atom is -0.389 e. The van der Waals surface area contributed by atoms with Crippen LogP contribution in [0.4, 0.5) is 4.39 Å². The molecule has 1 aromatic rings. The Morgan fingerprint density at radius 1 is 1.14 bits per heavy atom. The summed E-state index contributed by atoms with van der Waals surface area (Å²) < 4.78 is 13.9. The molecule has 0 heterocycles. The van der Waals surface area contributed by atoms with Gasteiger partial charge in [-0.15, -0.1) is 0 Å². The highest BCUT2D eigenvalue weighted by Crippen LogP contribution is 2.44. The Balaban J connectivity index is 2.23. The summed E-state index contributed by atoms with van der Waals surface area (Å²) in [5.41, 5.74) is 5.40. The fraction of sp³-hybridized carbons (Fsp3) is 0.667. The van der Waals surface area contributed by atoms with Gasteiger partial charge < -0.3 is 10.8 Å². The van der Waals surface area contributed by atoms with Crippen LogP contribution in [0.2, 0.25) is 0 Å². The van der Waals surface area contributed by atoms with Crippen LogP contribution in [-0.2, 0) is 6.42 Å². The molecule has 1 aromatic carbocycles. The van der Waals surface area contributed by atoms with E-state index in [1.54, 1.807) is 12.1 Å². The van der Waals surface area contributed by atoms with Crippen LogP contribution in [0.25, 0.3) is 0 Å². The molecular formula is C18H28FNO. The molecule has 0 spiro atoms. The Labute approximate surface area is 127 Å². The van der Waals surface area contributed by atoms with E-state index in [0.717, 1.165) is 25.7 Å². The van der Waals surface area contributed by atoms with E-state index in [-0.39, 0.29) is 11.2 Å². The third kappa shape index (κ3) is 3.64. The average Bonchev–Trinajstić information content (AvgIpc) is 2.41. The molecule has 0 aromatic heterocycles. The van der Waals surface area contributed by atoms with Crippen molar-refractivity contribution in [2.75, 3.05) is 6.54 Å². The largest absolute Gasteiger partial charge is 0.389 e. The van der Waals surface area contributed by atoms with E-state index in [9.17, 15) is 9.50 Å². The van der Waals surface area contributed by atoms with Gasteiger partial charge in [-0.1, -0.05) is 50.3 Å². The van der Waals surface area contributed by atoms with E-state index in [1.165, 1.54) is 25.3 Å². The highest BCUT2D eigenvalue weighted by molar-refractivity contribution is 5.20. The van der Waals surface area contributed by atoms with E-state index >= 15 is 0 Å². The number of rotatable bonds is 4. The minimum atomic E-state index is -0.971. The summed E-state index contributed by atoms with van der Waals surface area (Å²) in [5, 5.41) is 11.1. The first-order chi connectivity index (χ1) is 10.0. The molecule has 1 saturated carbocycles. The van der Waals surface area contributed by atoms with E-state index in [1.807, 2.05) is 13.0 Å². The normalized spacial score (nSPS) is 22.1. The molecule has 1 aliphatic carbocycles. The van der Waals surface area contributed by atoms with Gasteiger partial charge in [-0.3, -0.25) is 0 Å². The third-order valence-corrected chi connectivity index (χ3v) is 5.34. The van der Waals surface area contributed by atoms with Gasteiger partial charge in [-0.2, -0.15) is 0 Å². The molecule has 21 heavy (non-hydrogen) atoms. The van der Waals surface area contributed by atoms with Gasteiger partial charge in [-0.05, 0) is 31.4 Å². The van der Waals surface area contributed by atoms with Crippen LogP contribution < -0.4 is 5.73 Å². The monoisotopic (exact) mass is 293 g/mol. The first-order valence-corrected chi connectivity index (χ1v) is 8.17. The van der Waals surface area contributed by atoms with Gasteiger partial charge in [0.2, 0.25) is 0 Å². The van der Waals surface area contributed by atoms with E-state index in [0.29, 0.717) is 18.5 Å². The summed E-state index contributed by atoms with van der Waals surface area (Å²) in [7, 11) is 0. The fourth-order valence-corrected chi connectivity index (χ4v) is 3.74. The number of hydrogen-bond acceptors (Lipinski definition) is 2. The van der Waals surface area contributed by atoms with Crippen molar-refractivity contribution in [3.63, 3.8) is 0 Å². The Bertz CT molecular complexity index is 450. The van der Waals surface area contributed by atoms with Crippen molar-refractivity contribution in [3.05, 3.63) is 35.6 Å². The van der Waals surface area contributed by atoms with Crippen molar-refractivity contribution >= 4 is 0 Å². The number of nitrogens with two attached hydrogens (primary N) is 1. The van der Waals surface area contributed by atoms with Gasteiger partial charge in [0.1, 0.15) is 5.82 Å². The number of hydrogen-bond donors (Lipinski definition) is 2. The van der Waals surface area contributed by atoms with E-state index < -0.39 is 5.60 Å². The number of aliphatic hydroxyl groups is 1. The van der Waals surface area contributed by atoms with Crippen LogP contribution >= 0.6 is 0 Å². The lowest BCUT2D eigenvalue weighted by Crippen LogP contribution is -2.52. The summed E-state index contributed by atoms with van der Waals surface area (Å²) in [4.78, 5) is 0. The molecule has 0 amide bonds. The maximum absolute atomic E-state index is 13.9. The van der Waals surface area contributed by atoms with Crippen molar-refractivity contribution < 1.29 is 9.50 Å². The lowest BCUT2D eigenvalue weighted by atomic mass is 9.63. The van der Waals surface area contributed by atoms with Crippen LogP contribution in [0.1, 0.15) is 57.4 Å². The Morgan fingerprint density at radius 3 is 2.29 bits per heavy atom. The average molecular weight is 293 g/mol. The molecule has 1 aliphatic rings. The first-order valence-electron chi connectivity index (χ1n) is 8.17. The molecular weight excluding hydrogens is 265 g/mol. The van der Waals surface area contributed by atoms with Crippen LogP contribution in [0.3, 0.4) is 0 Å². The van der Waals surface area contributed by atoms with E-state index in [4.69, 9.17) is 5.73 Å². The summed E-state index contributed by atoms with van der Waals surface area (Å²) in [6.07, 6.45) is 8.09. The zero-order valence-electron chi connectivity index (χ0n) is 13.1. The summed E-state index contributed by atoms with van der Waals surface area (Å²) >= 11 is 0. The molecule has 0 saturated heterocycles. The van der Waals surface area contributed by atoms with Gasteiger partial charge in [0.25, 0.3) is 0 Å². The fourth-order valence-electron chi connectivity index (χ4n) is 3.74. The second kappa shape index (κ2) is 6.89. The zero-order valence-corrected chi connectivity index (χ0v) is 13.1. The van der Waals surface area contributed by atoms with Gasteiger partial charge in [0.05, 0.1) is 5.60 Å². The Kier molecular flexibility index (Phi) is 5.39. The van der Waals surface area contributed by atoms with Crippen molar-refractivity contribution in [2.45, 2.75) is 63.9 Å². The van der Waals surface area contributed by atoms with E-state index in [2.05, 4.69) is 0 Å². The Hall–Kier alpha value is -0.930. The molecule has 0 aliphatic heterocycles. The van der Waals surface area contributed by atoms with Gasteiger partial charge >= 0.3 is 0 Å². The SMILES string of the molecule is CC(O)(Cc1ccccc1F)C1(CN)CCCCCCC1. The summed E-state index contributed by atoms with van der Waals surface area (Å²) in [6, 6.07) is 6.72. The molecule has 2 rings (SSSR count). The van der Waals surface area contributed by atoms with Crippen molar-refractivity contribution in [1.29, 1.82) is 0 Å². The molecule has 3 N–H and O–H groups in total. The highest BCUT2D eigenvalue weighted by Gasteiger charge is 2.45. The summed E-state index contributed by atoms with van der Waals surface area (Å²) in [5.74, 6) is -0.240. The van der Waals surface area contributed by atoms with Crippen molar-refractivity contribution in [1.82, 2.24) is 0 Å². The maximum Gasteiger partial charge on any atom is 0.126 e. The number of halogens is 1. The molecule has 0 radical (unpaired) electrons. The standard InChI is InChI=1S/C18H28FNO/c1-17(21,13-15-9-5-6-10-16(15)19)18(14-20)11-7-3-2-4-8-12-18/h5-6,9-10,21H,2-4,7-8,11-14,20H2,1H3. The molecule has 1 atom stereocenters. The third-order valence-electron chi connectivity index (χ3n) is 5.34. The van der Waals surface area contributed by atoms with Gasteiger partial charge in [0, 0.05) is 18.4 Å². The molecule has 3 heteroatoms. The van der Waals surface area contributed by atoms with Gasteiger partial charge in [0.15, 0.2) is 0 Å². The van der Waals surface area contributed by atoms with Gasteiger partial charge in [-0.25, -0.2) is 4.39 Å². The molecule has 0 bridgehead atoms. The molecule has 118 valence electrons. The zero-order chi connectivity index (χ0) is 15.3. The van der Waals surface area contributed by atoms with Crippen LogP contribution in [0.5, 0.6) is 0 Å². The maximum atomic E-state index is 13.9. The predicted molar refractivity (Wildman–Crippen MR) is 84.5 cm³/mol. The lowest BCUT2D eigenvalue weighted by molar-refractivity contribution is -0.0799. The van der Waals surface area contributed by atoms with Crippen LogP contribution in [-0.4, -0.2) is 17.3 Å². The minimum absolute atomic E-state index is 0.240. The molecule has 1 unspecified atom stereocenters.